The van der Waals surface area contributed by atoms with Gasteiger partial charge in [0.05, 0.1) is 6.04 Å². The number of piperidine rings is 1. The van der Waals surface area contributed by atoms with Gasteiger partial charge in [-0.3, -0.25) is 14.8 Å². The fourth-order valence-corrected chi connectivity index (χ4v) is 3.31. The molecule has 1 fully saturated rings. The van der Waals surface area contributed by atoms with Crippen molar-refractivity contribution in [2.75, 3.05) is 13.1 Å². The number of aromatic amines is 1. The Hall–Kier alpha value is -2.22. The van der Waals surface area contributed by atoms with Gasteiger partial charge in [-0.05, 0) is 38.3 Å². The number of nitrogens with two attached hydrogens (primary N) is 1. The highest BCUT2D eigenvalue weighted by atomic mass is 16.4. The SMILES string of the molecule is CC(C)Cc1nnc([C@@H](C)N2CCC[C@H](c3cc(C(N)=O)n[nH]3)C2)o1. The molecular weight excluding hydrogens is 320 g/mol. The lowest BCUT2D eigenvalue weighted by Gasteiger charge is -2.34. The van der Waals surface area contributed by atoms with Crippen LogP contribution in [0.5, 0.6) is 0 Å². The first-order valence-corrected chi connectivity index (χ1v) is 8.85. The molecule has 1 amide bonds. The van der Waals surface area contributed by atoms with Gasteiger partial charge in [-0.15, -0.1) is 10.2 Å². The van der Waals surface area contributed by atoms with Crippen LogP contribution in [-0.2, 0) is 6.42 Å². The number of likely N-dealkylation sites (tertiary alicyclic amines) is 1. The molecule has 136 valence electrons. The molecule has 0 aromatic carbocycles. The van der Waals surface area contributed by atoms with Gasteiger partial charge >= 0.3 is 0 Å². The highest BCUT2D eigenvalue weighted by Gasteiger charge is 2.29. The third kappa shape index (κ3) is 4.07. The average Bonchev–Trinajstić information content (AvgIpc) is 3.23. The van der Waals surface area contributed by atoms with Crippen LogP contribution < -0.4 is 5.73 Å². The van der Waals surface area contributed by atoms with Gasteiger partial charge in [0, 0.05) is 24.6 Å². The number of nitrogens with one attached hydrogen (secondary N) is 1. The highest BCUT2D eigenvalue weighted by Crippen LogP contribution is 2.31. The summed E-state index contributed by atoms with van der Waals surface area (Å²) in [5.74, 6) is 1.63. The van der Waals surface area contributed by atoms with E-state index < -0.39 is 5.91 Å². The third-order valence-corrected chi connectivity index (χ3v) is 4.71. The molecule has 1 saturated heterocycles. The number of amides is 1. The Morgan fingerprint density at radius 3 is 2.92 bits per heavy atom. The van der Waals surface area contributed by atoms with Crippen molar-refractivity contribution in [3.05, 3.63) is 29.2 Å². The van der Waals surface area contributed by atoms with Gasteiger partial charge in [-0.25, -0.2) is 0 Å². The van der Waals surface area contributed by atoms with E-state index in [0.717, 1.165) is 38.0 Å². The molecule has 3 N–H and O–H groups in total. The topological polar surface area (TPSA) is 114 Å². The van der Waals surface area contributed by atoms with Gasteiger partial charge in [0.15, 0.2) is 0 Å². The number of H-pyrrole nitrogens is 1. The van der Waals surface area contributed by atoms with Crippen molar-refractivity contribution in [2.45, 2.75) is 52.0 Å². The van der Waals surface area contributed by atoms with Gasteiger partial charge in [-0.1, -0.05) is 13.8 Å². The molecule has 25 heavy (non-hydrogen) atoms. The van der Waals surface area contributed by atoms with Crippen LogP contribution in [-0.4, -0.2) is 44.3 Å². The maximum absolute atomic E-state index is 11.2. The quantitative estimate of drug-likeness (QED) is 0.827. The number of carbonyl (C=O) groups excluding carboxylic acids is 1. The summed E-state index contributed by atoms with van der Waals surface area (Å²) in [6, 6.07) is 1.82. The molecule has 2 aromatic heterocycles. The summed E-state index contributed by atoms with van der Waals surface area (Å²) >= 11 is 0. The minimum atomic E-state index is -0.507. The predicted octanol–water partition coefficient (Wildman–Crippen LogP) is 2.03. The molecular formula is C17H26N6O2. The number of carbonyl (C=O) groups is 1. The monoisotopic (exact) mass is 346 g/mol. The Kier molecular flexibility index (Phi) is 5.17. The zero-order valence-corrected chi connectivity index (χ0v) is 15.0. The lowest BCUT2D eigenvalue weighted by molar-refractivity contribution is 0.0995. The zero-order valence-electron chi connectivity index (χ0n) is 15.0. The minimum absolute atomic E-state index is 0.0646. The molecule has 8 nitrogen and oxygen atoms in total. The number of nitrogens with zero attached hydrogens (tertiary/aromatic N) is 4. The molecule has 1 aliphatic heterocycles. The maximum Gasteiger partial charge on any atom is 0.269 e. The molecule has 0 aliphatic carbocycles. The highest BCUT2D eigenvalue weighted by molar-refractivity contribution is 5.90. The van der Waals surface area contributed by atoms with E-state index in [-0.39, 0.29) is 17.7 Å². The minimum Gasteiger partial charge on any atom is -0.424 e. The number of rotatable bonds is 6. The van der Waals surface area contributed by atoms with E-state index in [4.69, 9.17) is 10.2 Å². The van der Waals surface area contributed by atoms with Crippen molar-refractivity contribution < 1.29 is 9.21 Å². The number of hydrogen-bond donors (Lipinski definition) is 2. The van der Waals surface area contributed by atoms with Crippen LogP contribution >= 0.6 is 0 Å². The molecule has 2 aromatic rings. The van der Waals surface area contributed by atoms with Crippen LogP contribution in [0.2, 0.25) is 0 Å². The number of aromatic nitrogens is 4. The van der Waals surface area contributed by atoms with Crippen LogP contribution in [0.4, 0.5) is 0 Å². The van der Waals surface area contributed by atoms with Crippen molar-refractivity contribution in [1.29, 1.82) is 0 Å². The standard InChI is InChI=1S/C17H26N6O2/c1-10(2)7-15-21-22-17(25-15)11(3)23-6-4-5-12(9-23)13-8-14(16(18)24)20-19-13/h8,10-12H,4-7,9H2,1-3H3,(H2,18,24)(H,19,20)/t11-,12+/m1/s1. The Labute approximate surface area is 147 Å². The van der Waals surface area contributed by atoms with E-state index in [9.17, 15) is 4.79 Å². The fourth-order valence-electron chi connectivity index (χ4n) is 3.31. The molecule has 8 heteroatoms. The van der Waals surface area contributed by atoms with E-state index in [2.05, 4.69) is 46.1 Å². The van der Waals surface area contributed by atoms with E-state index in [1.807, 2.05) is 0 Å². The Morgan fingerprint density at radius 2 is 2.24 bits per heavy atom. The van der Waals surface area contributed by atoms with Gasteiger partial charge < -0.3 is 10.2 Å². The number of primary amides is 1. The summed E-state index contributed by atoms with van der Waals surface area (Å²) in [7, 11) is 0. The normalized spacial score (nSPS) is 20.1. The van der Waals surface area contributed by atoms with E-state index in [0.29, 0.717) is 17.7 Å². The van der Waals surface area contributed by atoms with Crippen LogP contribution in [0.25, 0.3) is 0 Å². The molecule has 0 radical (unpaired) electrons. The molecule has 3 heterocycles. The summed E-state index contributed by atoms with van der Waals surface area (Å²) in [4.78, 5) is 13.6. The first-order valence-electron chi connectivity index (χ1n) is 8.85. The zero-order chi connectivity index (χ0) is 18.0. The summed E-state index contributed by atoms with van der Waals surface area (Å²) in [5.41, 5.74) is 6.53. The van der Waals surface area contributed by atoms with Gasteiger partial charge in [-0.2, -0.15) is 5.10 Å². The number of hydrogen-bond acceptors (Lipinski definition) is 6. The molecule has 0 unspecified atom stereocenters. The lowest BCUT2D eigenvalue weighted by Crippen LogP contribution is -2.36. The van der Waals surface area contributed by atoms with Crippen molar-refractivity contribution in [3.63, 3.8) is 0 Å². The molecule has 2 atom stereocenters. The van der Waals surface area contributed by atoms with E-state index in [1.54, 1.807) is 6.07 Å². The fraction of sp³-hybridized carbons (Fsp3) is 0.647. The van der Waals surface area contributed by atoms with Crippen molar-refractivity contribution in [2.24, 2.45) is 11.7 Å². The van der Waals surface area contributed by atoms with Crippen LogP contribution in [0, 0.1) is 5.92 Å². The first-order chi connectivity index (χ1) is 11.9. The average molecular weight is 346 g/mol. The molecule has 0 spiro atoms. The molecule has 0 bridgehead atoms. The Bertz CT molecular complexity index is 722. The second-order valence-corrected chi connectivity index (χ2v) is 7.21. The summed E-state index contributed by atoms with van der Waals surface area (Å²) in [5, 5.41) is 15.3. The van der Waals surface area contributed by atoms with Gasteiger partial charge in [0.1, 0.15) is 5.69 Å². The first kappa shape index (κ1) is 17.6. The van der Waals surface area contributed by atoms with E-state index >= 15 is 0 Å². The van der Waals surface area contributed by atoms with E-state index in [1.165, 1.54) is 0 Å². The predicted molar refractivity (Wildman–Crippen MR) is 91.9 cm³/mol. The summed E-state index contributed by atoms with van der Waals surface area (Å²) < 4.78 is 5.84. The van der Waals surface area contributed by atoms with Crippen molar-refractivity contribution >= 4 is 5.91 Å². The molecule has 1 aliphatic rings. The Morgan fingerprint density at radius 1 is 1.44 bits per heavy atom. The smallest absolute Gasteiger partial charge is 0.269 e. The van der Waals surface area contributed by atoms with Gasteiger partial charge in [0.2, 0.25) is 11.8 Å². The van der Waals surface area contributed by atoms with Crippen LogP contribution in [0.3, 0.4) is 0 Å². The maximum atomic E-state index is 11.2. The third-order valence-electron chi connectivity index (χ3n) is 4.71. The molecule has 0 saturated carbocycles. The largest absolute Gasteiger partial charge is 0.424 e. The lowest BCUT2D eigenvalue weighted by atomic mass is 9.93. The van der Waals surface area contributed by atoms with Crippen LogP contribution in [0.1, 0.15) is 73.5 Å². The molecule has 3 rings (SSSR count). The Balaban J connectivity index is 1.67. The van der Waals surface area contributed by atoms with Crippen LogP contribution in [0.15, 0.2) is 10.5 Å². The summed E-state index contributed by atoms with van der Waals surface area (Å²) in [6.07, 6.45) is 2.91. The van der Waals surface area contributed by atoms with Crippen molar-refractivity contribution in [3.8, 4) is 0 Å². The van der Waals surface area contributed by atoms with Gasteiger partial charge in [0.25, 0.3) is 5.91 Å². The summed E-state index contributed by atoms with van der Waals surface area (Å²) in [6.45, 7) is 8.19. The van der Waals surface area contributed by atoms with Crippen molar-refractivity contribution in [1.82, 2.24) is 25.3 Å². The second kappa shape index (κ2) is 7.35. The second-order valence-electron chi connectivity index (χ2n) is 7.21.